The highest BCUT2D eigenvalue weighted by Gasteiger charge is 2.36. The molecule has 0 aliphatic carbocycles. The van der Waals surface area contributed by atoms with Crippen LogP contribution in [0.5, 0.6) is 5.75 Å². The van der Waals surface area contributed by atoms with Crippen LogP contribution in [0.2, 0.25) is 0 Å². The quantitative estimate of drug-likeness (QED) is 0.598. The Hall–Kier alpha value is -2.95. The fraction of sp³-hybridized carbons (Fsp3) is 0.357. The smallest absolute Gasteiger partial charge is 0.366 e. The van der Waals surface area contributed by atoms with Crippen LogP contribution >= 0.6 is 11.3 Å². The van der Waals surface area contributed by atoms with Crippen molar-refractivity contribution in [2.75, 3.05) is 20.2 Å². The number of hydrogen-bond acceptors (Lipinski definition) is 8. The fourth-order valence-electron chi connectivity index (χ4n) is 2.58. The molecular weight excluding hydrogens is 352 g/mol. The normalized spacial score (nSPS) is 14.0. The van der Waals surface area contributed by atoms with Crippen molar-refractivity contribution in [1.82, 2.24) is 15.2 Å². The average molecular weight is 366 g/mol. The zero-order chi connectivity index (χ0) is 18.1. The van der Waals surface area contributed by atoms with E-state index in [4.69, 9.17) is 9.26 Å². The van der Waals surface area contributed by atoms with Crippen molar-refractivity contribution >= 4 is 28.2 Å². The molecule has 25 heavy (non-hydrogen) atoms. The predicted octanol–water partition coefficient (Wildman–Crippen LogP) is 1.86. The number of carbonyl (C=O) groups excluding carboxylic acids is 2. The second-order valence-electron chi connectivity index (χ2n) is 5.28. The zero-order valence-electron chi connectivity index (χ0n) is 13.4. The lowest BCUT2D eigenvalue weighted by Crippen LogP contribution is -2.45. The Bertz CT molecular complexity index is 844. The first-order valence-electron chi connectivity index (χ1n) is 7.31. The Morgan fingerprint density at radius 1 is 1.36 bits per heavy atom. The van der Waals surface area contributed by atoms with Crippen LogP contribution in [-0.4, -0.2) is 52.1 Å². The molecule has 2 amide bonds. The van der Waals surface area contributed by atoms with Gasteiger partial charge in [-0.2, -0.15) is 0 Å². The highest BCUT2D eigenvalue weighted by molar-refractivity contribution is 7.14. The van der Waals surface area contributed by atoms with E-state index in [9.17, 15) is 19.7 Å². The first-order valence-corrected chi connectivity index (χ1v) is 8.18. The van der Waals surface area contributed by atoms with Crippen LogP contribution in [0.3, 0.4) is 0 Å². The van der Waals surface area contributed by atoms with E-state index in [2.05, 4.69) is 5.16 Å². The van der Waals surface area contributed by atoms with Crippen LogP contribution < -0.4 is 4.74 Å². The maximum absolute atomic E-state index is 12.8. The third-order valence-corrected chi connectivity index (χ3v) is 4.59. The minimum absolute atomic E-state index is 0.0511. The summed E-state index contributed by atoms with van der Waals surface area (Å²) < 4.78 is 9.93. The minimum Gasteiger partial charge on any atom is -0.489 e. The summed E-state index contributed by atoms with van der Waals surface area (Å²) in [5.41, 5.74) is 0.149. The van der Waals surface area contributed by atoms with Crippen molar-refractivity contribution < 1.29 is 23.8 Å². The average Bonchev–Trinajstić information content (AvgIpc) is 3.31. The van der Waals surface area contributed by atoms with Gasteiger partial charge >= 0.3 is 5.00 Å². The van der Waals surface area contributed by atoms with E-state index in [1.54, 1.807) is 6.92 Å². The number of ether oxygens (including phenoxy) is 1. The van der Waals surface area contributed by atoms with E-state index < -0.39 is 16.7 Å². The number of nitrogens with zero attached hydrogens (tertiary/aromatic N) is 4. The van der Waals surface area contributed by atoms with Crippen LogP contribution in [-0.2, 0) is 0 Å². The van der Waals surface area contributed by atoms with Crippen LogP contribution in [0.25, 0.3) is 0 Å². The predicted molar refractivity (Wildman–Crippen MR) is 85.5 cm³/mol. The van der Waals surface area contributed by atoms with Gasteiger partial charge in [0.25, 0.3) is 11.8 Å². The number of aryl methyl sites for hydroxylation is 1. The van der Waals surface area contributed by atoms with E-state index >= 15 is 0 Å². The molecule has 0 aromatic carbocycles. The van der Waals surface area contributed by atoms with E-state index in [1.807, 2.05) is 0 Å². The molecule has 0 spiro atoms. The van der Waals surface area contributed by atoms with Crippen molar-refractivity contribution in [1.29, 1.82) is 0 Å². The molecule has 3 rings (SSSR count). The van der Waals surface area contributed by atoms with Crippen molar-refractivity contribution in [3.8, 4) is 5.75 Å². The van der Waals surface area contributed by atoms with Gasteiger partial charge < -0.3 is 9.26 Å². The number of rotatable bonds is 4. The molecule has 132 valence electrons. The standard InChI is InChI=1S/C14H14N4O6S/c1-8-6-10(15-24-8)13(20)17-5-3-4-16(17)12(19)9-7-25-14(18(21)22)11(9)23-2/h6-7H,3-5H2,1-2H3. The van der Waals surface area contributed by atoms with Gasteiger partial charge in [-0.25, -0.2) is 10.0 Å². The van der Waals surface area contributed by atoms with Crippen LogP contribution in [0.1, 0.15) is 33.0 Å². The minimum atomic E-state index is -0.606. The Kier molecular flexibility index (Phi) is 4.40. The molecule has 0 radical (unpaired) electrons. The summed E-state index contributed by atoms with van der Waals surface area (Å²) in [4.78, 5) is 35.8. The highest BCUT2D eigenvalue weighted by atomic mass is 32.1. The number of nitro groups is 1. The number of hydrogen-bond donors (Lipinski definition) is 0. The van der Waals surface area contributed by atoms with Gasteiger partial charge in [0.15, 0.2) is 5.69 Å². The monoisotopic (exact) mass is 366 g/mol. The Balaban J connectivity index is 1.89. The van der Waals surface area contributed by atoms with Gasteiger partial charge in [-0.3, -0.25) is 19.7 Å². The molecule has 10 nitrogen and oxygen atoms in total. The number of thiophene rings is 1. The molecule has 1 aliphatic rings. The molecule has 1 aliphatic heterocycles. The van der Waals surface area contributed by atoms with Crippen molar-refractivity contribution in [3.63, 3.8) is 0 Å². The van der Waals surface area contributed by atoms with Gasteiger partial charge in [0.05, 0.1) is 12.0 Å². The molecule has 11 heteroatoms. The first-order chi connectivity index (χ1) is 11.9. The molecule has 2 aromatic rings. The van der Waals surface area contributed by atoms with Gasteiger partial charge in [-0.05, 0) is 13.3 Å². The number of amides is 2. The molecule has 1 fully saturated rings. The van der Waals surface area contributed by atoms with Gasteiger partial charge in [0.2, 0.25) is 5.75 Å². The second-order valence-corrected chi connectivity index (χ2v) is 6.14. The number of aromatic nitrogens is 1. The number of hydrazine groups is 1. The van der Waals surface area contributed by atoms with Gasteiger partial charge in [0.1, 0.15) is 11.3 Å². The molecular formula is C14H14N4O6S. The lowest BCUT2D eigenvalue weighted by atomic mass is 10.3. The zero-order valence-corrected chi connectivity index (χ0v) is 14.2. The lowest BCUT2D eigenvalue weighted by molar-refractivity contribution is -0.381. The third kappa shape index (κ3) is 2.93. The lowest BCUT2D eigenvalue weighted by Gasteiger charge is -2.26. The molecule has 0 atom stereocenters. The van der Waals surface area contributed by atoms with E-state index in [0.717, 1.165) is 11.3 Å². The largest absolute Gasteiger partial charge is 0.489 e. The first kappa shape index (κ1) is 16.9. The number of methoxy groups -OCH3 is 1. The van der Waals surface area contributed by atoms with Crippen molar-refractivity contribution in [3.05, 3.63) is 38.6 Å². The van der Waals surface area contributed by atoms with Crippen molar-refractivity contribution in [2.24, 2.45) is 0 Å². The van der Waals surface area contributed by atoms with E-state index in [-0.39, 0.29) is 22.0 Å². The van der Waals surface area contributed by atoms with Gasteiger partial charge in [-0.1, -0.05) is 16.5 Å². The van der Waals surface area contributed by atoms with Gasteiger partial charge in [-0.15, -0.1) is 0 Å². The van der Waals surface area contributed by atoms with E-state index in [1.165, 1.54) is 28.6 Å². The molecule has 3 heterocycles. The molecule has 1 saturated heterocycles. The van der Waals surface area contributed by atoms with Crippen LogP contribution in [0.4, 0.5) is 5.00 Å². The van der Waals surface area contributed by atoms with Crippen LogP contribution in [0.15, 0.2) is 16.0 Å². The number of carbonyl (C=O) groups is 2. The molecule has 0 bridgehead atoms. The Morgan fingerprint density at radius 3 is 2.60 bits per heavy atom. The summed E-state index contributed by atoms with van der Waals surface area (Å²) in [6, 6.07) is 1.49. The maximum atomic E-state index is 12.8. The third-order valence-electron chi connectivity index (χ3n) is 3.67. The molecule has 0 N–H and O–H groups in total. The molecule has 0 saturated carbocycles. The van der Waals surface area contributed by atoms with E-state index in [0.29, 0.717) is 25.3 Å². The van der Waals surface area contributed by atoms with Crippen molar-refractivity contribution in [2.45, 2.75) is 13.3 Å². The molecule has 2 aromatic heterocycles. The molecule has 0 unspecified atom stereocenters. The summed E-state index contributed by atoms with van der Waals surface area (Å²) in [6.07, 6.45) is 0.586. The second kappa shape index (κ2) is 6.51. The fourth-order valence-corrected chi connectivity index (χ4v) is 3.40. The maximum Gasteiger partial charge on any atom is 0.366 e. The highest BCUT2D eigenvalue weighted by Crippen LogP contribution is 2.38. The Morgan fingerprint density at radius 2 is 2.04 bits per heavy atom. The topological polar surface area (TPSA) is 119 Å². The summed E-state index contributed by atoms with van der Waals surface area (Å²) in [5, 5.41) is 18.3. The summed E-state index contributed by atoms with van der Waals surface area (Å²) in [6.45, 7) is 2.31. The summed E-state index contributed by atoms with van der Waals surface area (Å²) >= 11 is 0.803. The van der Waals surface area contributed by atoms with Crippen LogP contribution in [0, 0.1) is 17.0 Å². The SMILES string of the molecule is COc1c(C(=O)N2CCCN2C(=O)c2cc(C)on2)csc1[N+](=O)[O-]. The van der Waals surface area contributed by atoms with Gasteiger partial charge in [0, 0.05) is 24.5 Å². The Labute approximate surface area is 145 Å². The summed E-state index contributed by atoms with van der Waals surface area (Å²) in [7, 11) is 1.26. The summed E-state index contributed by atoms with van der Waals surface area (Å²) in [5.74, 6) is -0.620.